The fourth-order valence-corrected chi connectivity index (χ4v) is 2.16. The molecule has 2 rings (SSSR count). The van der Waals surface area contributed by atoms with E-state index in [0.29, 0.717) is 17.9 Å². The van der Waals surface area contributed by atoms with Gasteiger partial charge >= 0.3 is 0 Å². The van der Waals surface area contributed by atoms with Crippen LogP contribution in [0.2, 0.25) is 0 Å². The maximum absolute atomic E-state index is 13.8. The lowest BCUT2D eigenvalue weighted by Crippen LogP contribution is -2.03. The van der Waals surface area contributed by atoms with Gasteiger partial charge in [0.15, 0.2) is 5.82 Å². The Bertz CT molecular complexity index is 586. The van der Waals surface area contributed by atoms with Gasteiger partial charge in [-0.25, -0.2) is 9.37 Å². The number of aryl methyl sites for hydroxylation is 1. The molecule has 1 aromatic heterocycles. The van der Waals surface area contributed by atoms with E-state index in [1.54, 1.807) is 0 Å². The molecule has 0 saturated heterocycles. The highest BCUT2D eigenvalue weighted by Gasteiger charge is 2.13. The Balaban J connectivity index is 2.87. The Morgan fingerprint density at radius 2 is 2.18 bits per heavy atom. The monoisotopic (exact) mass is 298 g/mol. The summed E-state index contributed by atoms with van der Waals surface area (Å²) in [5.74, 6) is -0.0000288. The van der Waals surface area contributed by atoms with Crippen molar-refractivity contribution in [3.63, 3.8) is 0 Å². The van der Waals surface area contributed by atoms with Gasteiger partial charge in [-0.15, -0.1) is 0 Å². The number of pyridine rings is 1. The molecule has 0 saturated carbocycles. The van der Waals surface area contributed by atoms with Crippen molar-refractivity contribution in [1.82, 2.24) is 4.98 Å². The van der Waals surface area contributed by atoms with Crippen LogP contribution in [-0.2, 0) is 6.54 Å². The predicted octanol–water partition coefficient (Wildman–Crippen LogP) is 2.91. The average molecular weight is 299 g/mol. The van der Waals surface area contributed by atoms with Crippen molar-refractivity contribution in [2.24, 2.45) is 5.73 Å². The van der Waals surface area contributed by atoms with Crippen molar-refractivity contribution in [2.45, 2.75) is 13.5 Å². The van der Waals surface area contributed by atoms with Gasteiger partial charge in [0.05, 0.1) is 7.11 Å². The molecule has 2 aromatic rings. The number of hydrogen-bond acceptors (Lipinski definition) is 3. The summed E-state index contributed by atoms with van der Waals surface area (Å²) in [5, 5.41) is 0.748. The van der Waals surface area contributed by atoms with E-state index in [-0.39, 0.29) is 5.82 Å². The van der Waals surface area contributed by atoms with Gasteiger partial charge in [-0.2, -0.15) is 0 Å². The molecular weight excluding hydrogens is 287 g/mol. The second-order valence-electron chi connectivity index (χ2n) is 3.72. The van der Waals surface area contributed by atoms with Crippen LogP contribution in [0.25, 0.3) is 10.9 Å². The smallest absolute Gasteiger partial charge is 0.218 e. The van der Waals surface area contributed by atoms with Crippen LogP contribution in [0.5, 0.6) is 5.88 Å². The fourth-order valence-electron chi connectivity index (χ4n) is 1.75. The van der Waals surface area contributed by atoms with Crippen LogP contribution < -0.4 is 10.5 Å². The molecule has 5 heteroatoms. The number of methoxy groups -OCH3 is 1. The number of rotatable bonds is 2. The van der Waals surface area contributed by atoms with E-state index in [2.05, 4.69) is 20.9 Å². The first-order valence-electron chi connectivity index (χ1n) is 5.10. The van der Waals surface area contributed by atoms with Crippen LogP contribution in [0.1, 0.15) is 11.1 Å². The van der Waals surface area contributed by atoms with Crippen molar-refractivity contribution in [1.29, 1.82) is 0 Å². The first-order valence-corrected chi connectivity index (χ1v) is 5.90. The molecule has 90 valence electrons. The summed E-state index contributed by atoms with van der Waals surface area (Å²) < 4.78 is 19.6. The molecule has 0 bridgehead atoms. The van der Waals surface area contributed by atoms with E-state index in [1.165, 1.54) is 13.2 Å². The Morgan fingerprint density at radius 1 is 1.47 bits per heavy atom. The lowest BCUT2D eigenvalue weighted by atomic mass is 10.1. The normalized spacial score (nSPS) is 10.9. The largest absolute Gasteiger partial charge is 0.481 e. The molecule has 1 aromatic carbocycles. The zero-order chi connectivity index (χ0) is 12.6. The maximum atomic E-state index is 13.8. The highest BCUT2D eigenvalue weighted by Crippen LogP contribution is 2.30. The molecule has 0 aliphatic carbocycles. The molecule has 17 heavy (non-hydrogen) atoms. The molecule has 0 aliphatic rings. The second-order valence-corrected chi connectivity index (χ2v) is 4.58. The molecule has 0 fully saturated rings. The molecule has 0 amide bonds. The van der Waals surface area contributed by atoms with E-state index in [0.717, 1.165) is 21.0 Å². The van der Waals surface area contributed by atoms with Gasteiger partial charge in [0.25, 0.3) is 0 Å². The van der Waals surface area contributed by atoms with Crippen molar-refractivity contribution < 1.29 is 9.13 Å². The summed E-state index contributed by atoms with van der Waals surface area (Å²) in [5.41, 5.74) is 7.62. The molecule has 0 spiro atoms. The van der Waals surface area contributed by atoms with Crippen molar-refractivity contribution >= 4 is 26.8 Å². The standard InChI is InChI=1S/C12H12BrFN2O/c1-6-8-3-7(5-15)12(17-2)16-11(8)10(14)4-9(6)13/h3-4H,5,15H2,1-2H3. The molecule has 0 radical (unpaired) electrons. The molecule has 1 heterocycles. The van der Waals surface area contributed by atoms with Crippen molar-refractivity contribution in [3.8, 4) is 5.88 Å². The molecule has 3 nitrogen and oxygen atoms in total. The zero-order valence-electron chi connectivity index (χ0n) is 9.55. The van der Waals surface area contributed by atoms with Gasteiger partial charge in [-0.3, -0.25) is 0 Å². The van der Waals surface area contributed by atoms with E-state index in [4.69, 9.17) is 10.5 Å². The van der Waals surface area contributed by atoms with Crippen LogP contribution in [0, 0.1) is 12.7 Å². The van der Waals surface area contributed by atoms with Gasteiger partial charge in [0, 0.05) is 22.0 Å². The summed E-state index contributed by atoms with van der Waals surface area (Å²) in [4.78, 5) is 4.17. The third-order valence-corrected chi connectivity index (χ3v) is 3.54. The third-order valence-electron chi connectivity index (χ3n) is 2.72. The van der Waals surface area contributed by atoms with Crippen LogP contribution in [0.15, 0.2) is 16.6 Å². The SMILES string of the molecule is COc1nc2c(F)cc(Br)c(C)c2cc1CN. The number of nitrogens with two attached hydrogens (primary N) is 1. The lowest BCUT2D eigenvalue weighted by molar-refractivity contribution is 0.394. The first kappa shape index (κ1) is 12.3. The number of halogens is 2. The molecule has 0 atom stereocenters. The lowest BCUT2D eigenvalue weighted by Gasteiger charge is -2.10. The van der Waals surface area contributed by atoms with Crippen molar-refractivity contribution in [3.05, 3.63) is 33.5 Å². The highest BCUT2D eigenvalue weighted by molar-refractivity contribution is 9.10. The van der Waals surface area contributed by atoms with Gasteiger partial charge < -0.3 is 10.5 Å². The number of ether oxygens (including phenoxy) is 1. The van der Waals surface area contributed by atoms with E-state index in [9.17, 15) is 4.39 Å². The summed E-state index contributed by atoms with van der Waals surface area (Å²) in [6.45, 7) is 2.21. The molecule has 2 N–H and O–H groups in total. The minimum Gasteiger partial charge on any atom is -0.481 e. The molecule has 0 aliphatic heterocycles. The van der Waals surface area contributed by atoms with E-state index < -0.39 is 0 Å². The molecular formula is C12H12BrFN2O. The quantitative estimate of drug-likeness (QED) is 0.927. The third kappa shape index (κ3) is 2.00. The number of aromatic nitrogens is 1. The van der Waals surface area contributed by atoms with Crippen LogP contribution in [-0.4, -0.2) is 12.1 Å². The topological polar surface area (TPSA) is 48.1 Å². The minimum absolute atomic E-state index is 0.305. The summed E-state index contributed by atoms with van der Waals surface area (Å²) in [7, 11) is 1.50. The Morgan fingerprint density at radius 3 is 2.76 bits per heavy atom. The maximum Gasteiger partial charge on any atom is 0.218 e. The number of benzene rings is 1. The summed E-state index contributed by atoms with van der Waals surface area (Å²) in [6.07, 6.45) is 0. The minimum atomic E-state index is -0.376. The zero-order valence-corrected chi connectivity index (χ0v) is 11.1. The molecule has 0 unspecified atom stereocenters. The van der Waals surface area contributed by atoms with Crippen molar-refractivity contribution in [2.75, 3.05) is 7.11 Å². The van der Waals surface area contributed by atoms with Gasteiger partial charge in [0.2, 0.25) is 5.88 Å². The highest BCUT2D eigenvalue weighted by atomic mass is 79.9. The number of fused-ring (bicyclic) bond motifs is 1. The Labute approximate surface area is 107 Å². The summed E-state index contributed by atoms with van der Waals surface area (Å²) >= 11 is 3.32. The Kier molecular flexibility index (Phi) is 3.31. The van der Waals surface area contributed by atoms with E-state index in [1.807, 2.05) is 13.0 Å². The first-order chi connectivity index (χ1) is 8.08. The van der Waals surface area contributed by atoms with Crippen LogP contribution >= 0.6 is 15.9 Å². The average Bonchev–Trinajstić information content (AvgIpc) is 2.34. The van der Waals surface area contributed by atoms with E-state index >= 15 is 0 Å². The fraction of sp³-hybridized carbons (Fsp3) is 0.250. The predicted molar refractivity (Wildman–Crippen MR) is 68.6 cm³/mol. The number of hydrogen-bond donors (Lipinski definition) is 1. The summed E-state index contributed by atoms with van der Waals surface area (Å²) in [6, 6.07) is 3.23. The van der Waals surface area contributed by atoms with Gasteiger partial charge in [0.1, 0.15) is 5.52 Å². The second kappa shape index (κ2) is 4.58. The van der Waals surface area contributed by atoms with Crippen LogP contribution in [0.3, 0.4) is 0 Å². The van der Waals surface area contributed by atoms with Gasteiger partial charge in [-0.05, 0) is 24.6 Å². The van der Waals surface area contributed by atoms with Gasteiger partial charge in [-0.1, -0.05) is 15.9 Å². The number of nitrogens with zero attached hydrogens (tertiary/aromatic N) is 1. The Hall–Kier alpha value is -1.20. The van der Waals surface area contributed by atoms with Crippen LogP contribution in [0.4, 0.5) is 4.39 Å².